The molecule has 0 spiro atoms. The van der Waals surface area contributed by atoms with E-state index < -0.39 is 5.82 Å². The van der Waals surface area contributed by atoms with Crippen LogP contribution in [0.4, 0.5) is 4.39 Å². The highest BCUT2D eigenvalue weighted by Gasteiger charge is 2.13. The zero-order valence-corrected chi connectivity index (χ0v) is 18.0. The lowest BCUT2D eigenvalue weighted by Crippen LogP contribution is -2.00. The first-order chi connectivity index (χ1) is 15.6. The summed E-state index contributed by atoms with van der Waals surface area (Å²) in [5.74, 6) is 0.395. The van der Waals surface area contributed by atoms with Gasteiger partial charge in [0.15, 0.2) is 0 Å². The number of halogens is 1. The molecule has 32 heavy (non-hydrogen) atoms. The highest BCUT2D eigenvalue weighted by atomic mass is 19.1. The standard InChI is InChI=1S/C28H23FN2O/c1-20-16-23(17-24(18-30)27-10-6-7-11-28(27)29)21(2)31(20)25-12-14-26(15-13-25)32-19-22-8-4-3-5-9-22/h3-17H,19H2,1-2H3. The number of hydrogen-bond donors (Lipinski definition) is 0. The molecule has 1 aromatic heterocycles. The van der Waals surface area contributed by atoms with Gasteiger partial charge >= 0.3 is 0 Å². The molecule has 3 nitrogen and oxygen atoms in total. The molecule has 4 rings (SSSR count). The van der Waals surface area contributed by atoms with Crippen molar-refractivity contribution in [2.75, 3.05) is 0 Å². The minimum Gasteiger partial charge on any atom is -0.489 e. The summed E-state index contributed by atoms with van der Waals surface area (Å²) in [4.78, 5) is 0. The fourth-order valence-corrected chi connectivity index (χ4v) is 3.77. The lowest BCUT2D eigenvalue weighted by atomic mass is 10.0. The smallest absolute Gasteiger partial charge is 0.131 e. The molecule has 0 N–H and O–H groups in total. The van der Waals surface area contributed by atoms with Crippen molar-refractivity contribution < 1.29 is 9.13 Å². The molecule has 0 saturated carbocycles. The number of aromatic nitrogens is 1. The minimum atomic E-state index is -0.403. The van der Waals surface area contributed by atoms with Gasteiger partial charge in [0.1, 0.15) is 18.2 Å². The summed E-state index contributed by atoms with van der Waals surface area (Å²) in [6.07, 6.45) is 1.74. The van der Waals surface area contributed by atoms with E-state index in [0.717, 1.165) is 34.0 Å². The van der Waals surface area contributed by atoms with Crippen molar-refractivity contribution in [3.05, 3.63) is 119 Å². The van der Waals surface area contributed by atoms with Crippen LogP contribution in [0.25, 0.3) is 17.3 Å². The maximum Gasteiger partial charge on any atom is 0.131 e. The largest absolute Gasteiger partial charge is 0.489 e. The SMILES string of the molecule is Cc1cc(C=C(C#N)c2ccccc2F)c(C)n1-c1ccc(OCc2ccccc2)cc1. The van der Waals surface area contributed by atoms with Crippen molar-refractivity contribution in [2.45, 2.75) is 20.5 Å². The summed E-state index contributed by atoms with van der Waals surface area (Å²) in [6.45, 7) is 4.53. The molecule has 0 fully saturated rings. The third-order valence-corrected chi connectivity index (χ3v) is 5.40. The topological polar surface area (TPSA) is 38.0 Å². The van der Waals surface area contributed by atoms with Gasteiger partial charge in [0.25, 0.3) is 0 Å². The van der Waals surface area contributed by atoms with Crippen LogP contribution in [0.3, 0.4) is 0 Å². The highest BCUT2D eigenvalue weighted by molar-refractivity contribution is 5.90. The lowest BCUT2D eigenvalue weighted by Gasteiger charge is -2.11. The zero-order chi connectivity index (χ0) is 22.5. The van der Waals surface area contributed by atoms with E-state index in [2.05, 4.69) is 10.6 Å². The molecule has 4 heteroatoms. The molecule has 1 heterocycles. The molecule has 0 atom stereocenters. The van der Waals surface area contributed by atoms with Crippen LogP contribution in [-0.2, 0) is 6.61 Å². The molecule has 0 saturated heterocycles. The summed E-state index contributed by atoms with van der Waals surface area (Å²) in [7, 11) is 0. The Morgan fingerprint density at radius 2 is 1.66 bits per heavy atom. The van der Waals surface area contributed by atoms with Crippen LogP contribution in [0.15, 0.2) is 84.9 Å². The second-order valence-corrected chi connectivity index (χ2v) is 7.58. The Labute approximate surface area is 187 Å². The highest BCUT2D eigenvalue weighted by Crippen LogP contribution is 2.27. The molecule has 4 aromatic rings. The maximum atomic E-state index is 14.2. The van der Waals surface area contributed by atoms with Crippen molar-refractivity contribution in [3.63, 3.8) is 0 Å². The fraction of sp³-hybridized carbons (Fsp3) is 0.107. The zero-order valence-electron chi connectivity index (χ0n) is 18.0. The number of rotatable bonds is 6. The van der Waals surface area contributed by atoms with Gasteiger partial charge in [-0.05, 0) is 67.4 Å². The molecule has 0 aliphatic heterocycles. The molecule has 0 amide bonds. The van der Waals surface area contributed by atoms with E-state index in [4.69, 9.17) is 4.74 Å². The summed E-state index contributed by atoms with van der Waals surface area (Å²) < 4.78 is 22.2. The van der Waals surface area contributed by atoms with Gasteiger partial charge in [0, 0.05) is 22.6 Å². The van der Waals surface area contributed by atoms with Gasteiger partial charge in [-0.2, -0.15) is 5.26 Å². The summed E-state index contributed by atoms with van der Waals surface area (Å²) in [6, 6.07) is 28.4. The van der Waals surface area contributed by atoms with Crippen molar-refractivity contribution in [1.82, 2.24) is 4.57 Å². The van der Waals surface area contributed by atoms with E-state index in [9.17, 15) is 9.65 Å². The van der Waals surface area contributed by atoms with Crippen LogP contribution in [0.1, 0.15) is 28.1 Å². The van der Waals surface area contributed by atoms with E-state index in [1.165, 1.54) is 6.07 Å². The molecule has 0 bridgehead atoms. The van der Waals surface area contributed by atoms with Crippen molar-refractivity contribution in [3.8, 4) is 17.5 Å². The predicted octanol–water partition coefficient (Wildman–Crippen LogP) is 6.88. The minimum absolute atomic E-state index is 0.299. The number of ether oxygens (including phenoxy) is 1. The van der Waals surface area contributed by atoms with E-state index in [0.29, 0.717) is 17.7 Å². The first-order valence-corrected chi connectivity index (χ1v) is 10.4. The molecule has 3 aromatic carbocycles. The third kappa shape index (κ3) is 4.48. The van der Waals surface area contributed by atoms with Crippen molar-refractivity contribution in [1.29, 1.82) is 5.26 Å². The van der Waals surface area contributed by atoms with Crippen LogP contribution in [0.5, 0.6) is 5.75 Å². The van der Waals surface area contributed by atoms with E-state index >= 15 is 0 Å². The lowest BCUT2D eigenvalue weighted by molar-refractivity contribution is 0.306. The average Bonchev–Trinajstić information content (AvgIpc) is 3.10. The molecular formula is C28H23FN2O. The van der Waals surface area contributed by atoms with Gasteiger partial charge in [-0.1, -0.05) is 48.5 Å². The molecule has 0 radical (unpaired) electrons. The first kappa shape index (κ1) is 21.1. The second kappa shape index (κ2) is 9.36. The summed E-state index contributed by atoms with van der Waals surface area (Å²) in [5.41, 5.74) is 5.60. The van der Waals surface area contributed by atoms with Crippen LogP contribution >= 0.6 is 0 Å². The number of nitriles is 1. The Hall–Kier alpha value is -4.10. The summed E-state index contributed by atoms with van der Waals surface area (Å²) in [5, 5.41) is 9.61. The Morgan fingerprint density at radius 1 is 0.969 bits per heavy atom. The Bertz CT molecular complexity index is 1300. The number of benzene rings is 3. The predicted molar refractivity (Wildman–Crippen MR) is 126 cm³/mol. The van der Waals surface area contributed by atoms with Gasteiger partial charge in [-0.15, -0.1) is 0 Å². The fourth-order valence-electron chi connectivity index (χ4n) is 3.77. The van der Waals surface area contributed by atoms with Gasteiger partial charge in [0.05, 0.1) is 11.6 Å². The molecule has 0 aliphatic carbocycles. The van der Waals surface area contributed by atoms with Crippen LogP contribution in [-0.4, -0.2) is 4.57 Å². The van der Waals surface area contributed by atoms with Crippen LogP contribution in [0, 0.1) is 31.0 Å². The van der Waals surface area contributed by atoms with Gasteiger partial charge in [-0.25, -0.2) is 4.39 Å². The monoisotopic (exact) mass is 422 g/mol. The van der Waals surface area contributed by atoms with E-state index in [1.54, 1.807) is 24.3 Å². The summed E-state index contributed by atoms with van der Waals surface area (Å²) >= 11 is 0. The normalized spacial score (nSPS) is 11.2. The van der Waals surface area contributed by atoms with Gasteiger partial charge in [-0.3, -0.25) is 0 Å². The van der Waals surface area contributed by atoms with E-state index in [1.807, 2.05) is 74.5 Å². The number of allylic oxidation sites excluding steroid dienone is 1. The third-order valence-electron chi connectivity index (χ3n) is 5.40. The molecular weight excluding hydrogens is 399 g/mol. The Morgan fingerprint density at radius 3 is 2.34 bits per heavy atom. The Balaban J connectivity index is 1.59. The maximum absolute atomic E-state index is 14.2. The molecule has 158 valence electrons. The first-order valence-electron chi connectivity index (χ1n) is 10.4. The molecule has 0 unspecified atom stereocenters. The quantitative estimate of drug-likeness (QED) is 0.318. The van der Waals surface area contributed by atoms with Crippen LogP contribution in [0.2, 0.25) is 0 Å². The van der Waals surface area contributed by atoms with Crippen molar-refractivity contribution in [2.24, 2.45) is 0 Å². The Kier molecular flexibility index (Phi) is 6.19. The van der Waals surface area contributed by atoms with Gasteiger partial charge < -0.3 is 9.30 Å². The number of aryl methyl sites for hydroxylation is 1. The second-order valence-electron chi connectivity index (χ2n) is 7.58. The van der Waals surface area contributed by atoms with E-state index in [-0.39, 0.29) is 0 Å². The number of hydrogen-bond acceptors (Lipinski definition) is 2. The average molecular weight is 423 g/mol. The van der Waals surface area contributed by atoms with Crippen molar-refractivity contribution >= 4 is 11.6 Å². The van der Waals surface area contributed by atoms with Gasteiger partial charge in [0.2, 0.25) is 0 Å². The number of nitrogens with zero attached hydrogens (tertiary/aromatic N) is 2. The molecule has 0 aliphatic rings. The van der Waals surface area contributed by atoms with Crippen LogP contribution < -0.4 is 4.74 Å².